The number of piperidine rings is 1. The van der Waals surface area contributed by atoms with E-state index in [1.807, 2.05) is 0 Å². The van der Waals surface area contributed by atoms with Gasteiger partial charge in [0.05, 0.1) is 0 Å². The van der Waals surface area contributed by atoms with Crippen LogP contribution in [0.3, 0.4) is 0 Å². The van der Waals surface area contributed by atoms with E-state index in [0.717, 1.165) is 12.3 Å². The smallest absolute Gasteiger partial charge is 0 e. The first-order valence-electron chi connectivity index (χ1n) is 4.05. The third kappa shape index (κ3) is 3.52. The molecule has 1 radical (unpaired) electrons. The standard InChI is InChI=1S/C9H17N.Y/c1-4-9-7-10(3)6-5-8(9)2;/h8-9H,1-2,4-7H2,3H3;/q-2;. The molecule has 0 bridgehead atoms. The van der Waals surface area contributed by atoms with E-state index in [4.69, 9.17) is 0 Å². The molecule has 0 spiro atoms. The molecule has 2 heteroatoms. The average Bonchev–Trinajstić information content (AvgIpc) is 1.94. The van der Waals surface area contributed by atoms with Gasteiger partial charge in [0.15, 0.2) is 0 Å². The van der Waals surface area contributed by atoms with E-state index in [0.29, 0.717) is 5.92 Å². The minimum Gasteiger partial charge on any atom is -0.343 e. The number of likely N-dealkylation sites (tertiary alicyclic amines) is 1. The average molecular weight is 228 g/mol. The minimum atomic E-state index is 0. The third-order valence-electron chi connectivity index (χ3n) is 2.47. The molecule has 63 valence electrons. The van der Waals surface area contributed by atoms with Crippen molar-refractivity contribution in [2.75, 3.05) is 20.1 Å². The van der Waals surface area contributed by atoms with Crippen molar-refractivity contribution in [3.05, 3.63) is 13.8 Å². The summed E-state index contributed by atoms with van der Waals surface area (Å²) in [6.45, 7) is 10.5. The number of rotatable bonds is 1. The predicted molar refractivity (Wildman–Crippen MR) is 44.4 cm³/mol. The van der Waals surface area contributed by atoms with Crippen LogP contribution in [0.5, 0.6) is 0 Å². The molecule has 0 aromatic heterocycles. The Balaban J connectivity index is 0.000001000. The van der Waals surface area contributed by atoms with E-state index in [-0.39, 0.29) is 32.7 Å². The van der Waals surface area contributed by atoms with Crippen LogP contribution in [0, 0.1) is 25.7 Å². The molecule has 1 nitrogen and oxygen atoms in total. The van der Waals surface area contributed by atoms with Crippen LogP contribution < -0.4 is 0 Å². The van der Waals surface area contributed by atoms with Gasteiger partial charge < -0.3 is 18.7 Å². The van der Waals surface area contributed by atoms with Crippen molar-refractivity contribution in [3.63, 3.8) is 0 Å². The quantitative estimate of drug-likeness (QED) is 0.616. The van der Waals surface area contributed by atoms with Crippen molar-refractivity contribution >= 4 is 0 Å². The Morgan fingerprint density at radius 3 is 2.64 bits per heavy atom. The SMILES string of the molecule is [CH2-]CC1CN(C)CCC1[CH2-].[Y]. The van der Waals surface area contributed by atoms with Crippen molar-refractivity contribution in [1.82, 2.24) is 4.90 Å². The predicted octanol–water partition coefficient (Wildman–Crippen LogP) is 1.61. The maximum absolute atomic E-state index is 4.12. The van der Waals surface area contributed by atoms with Crippen molar-refractivity contribution in [2.45, 2.75) is 12.8 Å². The van der Waals surface area contributed by atoms with Gasteiger partial charge in [-0.25, -0.2) is 0 Å². The van der Waals surface area contributed by atoms with Crippen LogP contribution in [0.2, 0.25) is 0 Å². The maximum atomic E-state index is 4.12. The van der Waals surface area contributed by atoms with Crippen LogP contribution in [-0.2, 0) is 32.7 Å². The summed E-state index contributed by atoms with van der Waals surface area (Å²) in [5, 5.41) is 0. The molecule has 0 N–H and O–H groups in total. The zero-order valence-corrected chi connectivity index (χ0v) is 10.3. The van der Waals surface area contributed by atoms with Gasteiger partial charge in [0.1, 0.15) is 0 Å². The Morgan fingerprint density at radius 1 is 1.55 bits per heavy atom. The molecule has 1 aliphatic rings. The third-order valence-corrected chi connectivity index (χ3v) is 2.47. The fourth-order valence-electron chi connectivity index (χ4n) is 1.59. The molecule has 1 fully saturated rings. The summed E-state index contributed by atoms with van der Waals surface area (Å²) in [4.78, 5) is 2.37. The number of hydrogen-bond donors (Lipinski definition) is 0. The molecule has 1 rings (SSSR count). The van der Waals surface area contributed by atoms with Crippen molar-refractivity contribution in [2.24, 2.45) is 11.8 Å². The van der Waals surface area contributed by atoms with Crippen molar-refractivity contribution < 1.29 is 32.7 Å². The molecule has 2 atom stereocenters. The summed E-state index contributed by atoms with van der Waals surface area (Å²) in [6.07, 6.45) is 2.29. The van der Waals surface area contributed by atoms with E-state index >= 15 is 0 Å². The molecular formula is C9H17NY-2. The van der Waals surface area contributed by atoms with Crippen LogP contribution in [0.1, 0.15) is 12.8 Å². The molecule has 0 aliphatic carbocycles. The monoisotopic (exact) mass is 228 g/mol. The molecule has 0 aromatic carbocycles. The van der Waals surface area contributed by atoms with Gasteiger partial charge >= 0.3 is 0 Å². The van der Waals surface area contributed by atoms with Crippen molar-refractivity contribution in [1.29, 1.82) is 0 Å². The van der Waals surface area contributed by atoms with Crippen LogP contribution in [0.25, 0.3) is 0 Å². The molecule has 1 heterocycles. The largest absolute Gasteiger partial charge is 0.343 e. The van der Waals surface area contributed by atoms with E-state index < -0.39 is 0 Å². The Hall–Kier alpha value is 1.06. The number of nitrogens with zero attached hydrogens (tertiary/aromatic N) is 1. The second-order valence-corrected chi connectivity index (χ2v) is 3.36. The summed E-state index contributed by atoms with van der Waals surface area (Å²) < 4.78 is 0. The normalized spacial score (nSPS) is 33.0. The second-order valence-electron chi connectivity index (χ2n) is 3.36. The zero-order valence-electron chi connectivity index (χ0n) is 7.42. The number of hydrogen-bond acceptors (Lipinski definition) is 1. The van der Waals surface area contributed by atoms with Gasteiger partial charge in [-0.15, -0.1) is 0 Å². The summed E-state index contributed by atoms with van der Waals surface area (Å²) in [6, 6.07) is 0. The molecule has 0 amide bonds. The molecule has 1 saturated heterocycles. The summed E-state index contributed by atoms with van der Waals surface area (Å²) in [7, 11) is 2.18. The Morgan fingerprint density at radius 2 is 2.18 bits per heavy atom. The van der Waals surface area contributed by atoms with Crippen LogP contribution in [0.15, 0.2) is 0 Å². The van der Waals surface area contributed by atoms with Crippen LogP contribution >= 0.6 is 0 Å². The molecule has 1 aliphatic heterocycles. The van der Waals surface area contributed by atoms with E-state index in [2.05, 4.69) is 25.8 Å². The molecule has 2 unspecified atom stereocenters. The fraction of sp³-hybridized carbons (Fsp3) is 0.778. The van der Waals surface area contributed by atoms with Crippen molar-refractivity contribution in [3.8, 4) is 0 Å². The first-order valence-corrected chi connectivity index (χ1v) is 4.05. The Labute approximate surface area is 95.8 Å². The van der Waals surface area contributed by atoms with E-state index in [1.54, 1.807) is 0 Å². The van der Waals surface area contributed by atoms with E-state index in [1.165, 1.54) is 19.5 Å². The van der Waals surface area contributed by atoms with Crippen LogP contribution in [-0.4, -0.2) is 25.0 Å². The molecule has 11 heavy (non-hydrogen) atoms. The molecule has 0 saturated carbocycles. The molecular weight excluding hydrogens is 211 g/mol. The summed E-state index contributed by atoms with van der Waals surface area (Å²) >= 11 is 0. The van der Waals surface area contributed by atoms with Gasteiger partial charge in [-0.3, -0.25) is 0 Å². The topological polar surface area (TPSA) is 3.24 Å². The first kappa shape index (κ1) is 12.1. The minimum absolute atomic E-state index is 0. The fourth-order valence-corrected chi connectivity index (χ4v) is 1.59. The second kappa shape index (κ2) is 5.67. The maximum Gasteiger partial charge on any atom is 0 e. The molecule has 0 aromatic rings. The van der Waals surface area contributed by atoms with Gasteiger partial charge in [0.25, 0.3) is 0 Å². The Bertz CT molecular complexity index is 106. The first-order chi connectivity index (χ1) is 4.74. The summed E-state index contributed by atoms with van der Waals surface area (Å²) in [5.74, 6) is 1.38. The van der Waals surface area contributed by atoms with Gasteiger partial charge in [-0.05, 0) is 20.1 Å². The zero-order chi connectivity index (χ0) is 7.56. The summed E-state index contributed by atoms with van der Waals surface area (Å²) in [5.41, 5.74) is 0. The van der Waals surface area contributed by atoms with Gasteiger partial charge in [-0.1, -0.05) is 12.3 Å². The van der Waals surface area contributed by atoms with E-state index in [9.17, 15) is 0 Å². The van der Waals surface area contributed by atoms with Gasteiger partial charge in [0, 0.05) is 32.7 Å². The van der Waals surface area contributed by atoms with Crippen LogP contribution in [0.4, 0.5) is 0 Å². The Kier molecular flexibility index (Phi) is 6.21. The van der Waals surface area contributed by atoms with Gasteiger partial charge in [-0.2, -0.15) is 12.3 Å². The van der Waals surface area contributed by atoms with Gasteiger partial charge in [0.2, 0.25) is 0 Å².